The van der Waals surface area contributed by atoms with E-state index in [1.807, 2.05) is 6.92 Å². The number of nitrogens with one attached hydrogen (secondary N) is 1. The van der Waals surface area contributed by atoms with E-state index in [0.717, 1.165) is 16.5 Å². The Hall–Kier alpha value is -2.97. The Morgan fingerprint density at radius 1 is 1.03 bits per heavy atom. The number of benzene rings is 2. The lowest BCUT2D eigenvalue weighted by atomic mass is 10.1. The monoisotopic (exact) mass is 443 g/mol. The first-order valence-corrected chi connectivity index (χ1v) is 11.3. The standard InChI is InChI=1S/C23H25NO6S/c1-13(2)21(24-31(27,28)17-8-6-14(3)7-9-17)23(26)29-19-11-10-18-15(4)12-20(25)30-22(18)16(19)5/h6-13,21,24H,1-5H3/t21-/m0/s1. The van der Waals surface area contributed by atoms with Crippen LogP contribution in [0.25, 0.3) is 11.0 Å². The molecule has 0 unspecified atom stereocenters. The van der Waals surface area contributed by atoms with Crippen molar-refractivity contribution in [3.05, 3.63) is 69.6 Å². The molecule has 0 amide bonds. The Morgan fingerprint density at radius 2 is 1.68 bits per heavy atom. The van der Waals surface area contributed by atoms with E-state index in [1.54, 1.807) is 52.0 Å². The van der Waals surface area contributed by atoms with Gasteiger partial charge in [0.2, 0.25) is 10.0 Å². The van der Waals surface area contributed by atoms with E-state index in [9.17, 15) is 18.0 Å². The molecule has 0 fully saturated rings. The first kappa shape index (κ1) is 22.7. The summed E-state index contributed by atoms with van der Waals surface area (Å²) in [6.45, 7) is 8.76. The second-order valence-corrected chi connectivity index (χ2v) is 9.60. The number of hydrogen-bond acceptors (Lipinski definition) is 6. The second kappa shape index (κ2) is 8.64. The number of hydrogen-bond donors (Lipinski definition) is 1. The van der Waals surface area contributed by atoms with Crippen LogP contribution in [0, 0.1) is 26.7 Å². The molecule has 0 saturated heterocycles. The number of rotatable bonds is 6. The molecule has 1 aromatic heterocycles. The molecule has 0 aliphatic rings. The number of esters is 1. The smallest absolute Gasteiger partial charge is 0.336 e. The molecule has 2 aromatic carbocycles. The maximum Gasteiger partial charge on any atom is 0.336 e. The van der Waals surface area contributed by atoms with Crippen LogP contribution in [0.4, 0.5) is 0 Å². The highest BCUT2D eigenvalue weighted by Gasteiger charge is 2.30. The van der Waals surface area contributed by atoms with E-state index in [1.165, 1.54) is 18.2 Å². The van der Waals surface area contributed by atoms with Gasteiger partial charge in [-0.3, -0.25) is 0 Å². The fraction of sp³-hybridized carbons (Fsp3) is 0.304. The second-order valence-electron chi connectivity index (χ2n) is 7.89. The van der Waals surface area contributed by atoms with Gasteiger partial charge in [0, 0.05) is 17.0 Å². The van der Waals surface area contributed by atoms with Crippen LogP contribution in [0.5, 0.6) is 5.75 Å². The van der Waals surface area contributed by atoms with E-state index >= 15 is 0 Å². The summed E-state index contributed by atoms with van der Waals surface area (Å²) in [7, 11) is -3.93. The molecule has 0 spiro atoms. The highest BCUT2D eigenvalue weighted by Crippen LogP contribution is 2.28. The number of carbonyl (C=O) groups is 1. The summed E-state index contributed by atoms with van der Waals surface area (Å²) >= 11 is 0. The molecule has 0 radical (unpaired) electrons. The van der Waals surface area contributed by atoms with Crippen LogP contribution in [0.3, 0.4) is 0 Å². The first-order valence-electron chi connectivity index (χ1n) is 9.84. The van der Waals surface area contributed by atoms with E-state index < -0.39 is 27.7 Å². The number of aryl methyl sites for hydroxylation is 3. The third-order valence-corrected chi connectivity index (χ3v) is 6.52. The van der Waals surface area contributed by atoms with Gasteiger partial charge in [0.15, 0.2) is 0 Å². The summed E-state index contributed by atoms with van der Waals surface area (Å²) < 4.78 is 38.8. The molecule has 31 heavy (non-hydrogen) atoms. The van der Waals surface area contributed by atoms with Gasteiger partial charge in [0.05, 0.1) is 4.90 Å². The molecule has 3 rings (SSSR count). The van der Waals surface area contributed by atoms with Crippen molar-refractivity contribution in [2.75, 3.05) is 0 Å². The zero-order chi connectivity index (χ0) is 22.9. The van der Waals surface area contributed by atoms with Crippen LogP contribution in [0.15, 0.2) is 56.6 Å². The normalized spacial score (nSPS) is 12.8. The van der Waals surface area contributed by atoms with Gasteiger partial charge in [-0.25, -0.2) is 18.0 Å². The molecule has 0 aliphatic heterocycles. The predicted molar refractivity (Wildman–Crippen MR) is 118 cm³/mol. The summed E-state index contributed by atoms with van der Waals surface area (Å²) in [5.74, 6) is -0.914. The molecule has 0 aliphatic carbocycles. The van der Waals surface area contributed by atoms with Crippen LogP contribution < -0.4 is 15.1 Å². The first-order chi connectivity index (χ1) is 14.5. The highest BCUT2D eigenvalue weighted by molar-refractivity contribution is 7.89. The zero-order valence-electron chi connectivity index (χ0n) is 18.1. The topological polar surface area (TPSA) is 103 Å². The minimum atomic E-state index is -3.93. The van der Waals surface area contributed by atoms with Crippen molar-refractivity contribution in [1.29, 1.82) is 0 Å². The van der Waals surface area contributed by atoms with Crippen LogP contribution in [-0.4, -0.2) is 20.4 Å². The van der Waals surface area contributed by atoms with Gasteiger partial charge in [-0.05, 0) is 56.5 Å². The van der Waals surface area contributed by atoms with Crippen molar-refractivity contribution in [2.45, 2.75) is 45.6 Å². The Kier molecular flexibility index (Phi) is 6.33. The summed E-state index contributed by atoms with van der Waals surface area (Å²) in [4.78, 5) is 24.7. The van der Waals surface area contributed by atoms with E-state index in [4.69, 9.17) is 9.15 Å². The summed E-state index contributed by atoms with van der Waals surface area (Å²) in [6.07, 6.45) is 0. The van der Waals surface area contributed by atoms with Crippen LogP contribution in [0.2, 0.25) is 0 Å². The van der Waals surface area contributed by atoms with Crippen molar-refractivity contribution < 1.29 is 22.4 Å². The van der Waals surface area contributed by atoms with Crippen LogP contribution in [0.1, 0.15) is 30.5 Å². The fourth-order valence-corrected chi connectivity index (χ4v) is 4.52. The average molecular weight is 444 g/mol. The van der Waals surface area contributed by atoms with Crippen LogP contribution >= 0.6 is 0 Å². The Bertz CT molecular complexity index is 1290. The van der Waals surface area contributed by atoms with Crippen molar-refractivity contribution in [3.63, 3.8) is 0 Å². The Balaban J connectivity index is 1.90. The maximum absolute atomic E-state index is 12.9. The van der Waals surface area contributed by atoms with E-state index in [0.29, 0.717) is 11.1 Å². The van der Waals surface area contributed by atoms with Crippen molar-refractivity contribution in [3.8, 4) is 5.75 Å². The minimum absolute atomic E-state index is 0.0655. The zero-order valence-corrected chi connectivity index (χ0v) is 18.9. The molecule has 1 N–H and O–H groups in total. The number of fused-ring (bicyclic) bond motifs is 1. The maximum atomic E-state index is 12.9. The molecule has 0 saturated carbocycles. The van der Waals surface area contributed by atoms with Gasteiger partial charge in [0.25, 0.3) is 0 Å². The quantitative estimate of drug-likeness (QED) is 0.355. The summed E-state index contributed by atoms with van der Waals surface area (Å²) in [5, 5.41) is 0.734. The van der Waals surface area contributed by atoms with Gasteiger partial charge in [-0.15, -0.1) is 0 Å². The van der Waals surface area contributed by atoms with Gasteiger partial charge in [-0.1, -0.05) is 31.5 Å². The van der Waals surface area contributed by atoms with Gasteiger partial charge >= 0.3 is 11.6 Å². The lowest BCUT2D eigenvalue weighted by Gasteiger charge is -2.21. The molecule has 0 bridgehead atoms. The van der Waals surface area contributed by atoms with E-state index in [-0.39, 0.29) is 16.6 Å². The lowest BCUT2D eigenvalue weighted by molar-refractivity contribution is -0.137. The molecule has 7 nitrogen and oxygen atoms in total. The van der Waals surface area contributed by atoms with Gasteiger partial charge < -0.3 is 9.15 Å². The molecular weight excluding hydrogens is 418 g/mol. The van der Waals surface area contributed by atoms with Crippen molar-refractivity contribution >= 4 is 27.0 Å². The lowest BCUT2D eigenvalue weighted by Crippen LogP contribution is -2.46. The molecule has 164 valence electrons. The summed E-state index contributed by atoms with van der Waals surface area (Å²) in [6, 6.07) is 9.93. The summed E-state index contributed by atoms with van der Waals surface area (Å²) in [5.41, 5.74) is 1.99. The minimum Gasteiger partial charge on any atom is -0.425 e. The van der Waals surface area contributed by atoms with Crippen LogP contribution in [-0.2, 0) is 14.8 Å². The molecule has 1 atom stereocenters. The number of sulfonamides is 1. The number of ether oxygens (including phenoxy) is 1. The average Bonchev–Trinajstić information content (AvgIpc) is 2.68. The predicted octanol–water partition coefficient (Wildman–Crippen LogP) is 3.63. The molecular formula is C23H25NO6S. The molecule has 1 heterocycles. The molecule has 3 aromatic rings. The Labute approximate surface area is 181 Å². The number of carbonyl (C=O) groups excluding carboxylic acids is 1. The molecule has 8 heteroatoms. The van der Waals surface area contributed by atoms with E-state index in [2.05, 4.69) is 4.72 Å². The van der Waals surface area contributed by atoms with Crippen molar-refractivity contribution in [1.82, 2.24) is 4.72 Å². The van der Waals surface area contributed by atoms with Gasteiger partial charge in [-0.2, -0.15) is 4.72 Å². The SMILES string of the molecule is Cc1ccc(S(=O)(=O)N[C@H](C(=O)Oc2ccc3c(C)cc(=O)oc3c2C)C(C)C)cc1. The third kappa shape index (κ3) is 4.86. The largest absolute Gasteiger partial charge is 0.425 e. The van der Waals surface area contributed by atoms with Crippen molar-refractivity contribution in [2.24, 2.45) is 5.92 Å². The third-order valence-electron chi connectivity index (χ3n) is 5.06. The fourth-order valence-electron chi connectivity index (χ4n) is 3.19. The Morgan fingerprint density at radius 3 is 2.29 bits per heavy atom. The van der Waals surface area contributed by atoms with Gasteiger partial charge in [0.1, 0.15) is 17.4 Å². The highest BCUT2D eigenvalue weighted by atomic mass is 32.2.